The van der Waals surface area contributed by atoms with Gasteiger partial charge in [0.15, 0.2) is 0 Å². The van der Waals surface area contributed by atoms with E-state index < -0.39 is 0 Å². The van der Waals surface area contributed by atoms with Crippen LogP contribution in [0.5, 0.6) is 0 Å². The standard InChI is InChI=1S/C15H20N6S/c1-11-9-12(2)19-15(18-11)20-17-10-13-3-4-14(22-13)21-7-5-16-6-8-21/h3-4,9-10,16H,5-8H2,1-2H3,(H,18,19,20)/b17-10-. The lowest BCUT2D eigenvalue weighted by atomic mass is 10.4. The van der Waals surface area contributed by atoms with E-state index in [1.54, 1.807) is 11.3 Å². The van der Waals surface area contributed by atoms with Gasteiger partial charge in [0.05, 0.1) is 11.2 Å². The molecule has 22 heavy (non-hydrogen) atoms. The highest BCUT2D eigenvalue weighted by Crippen LogP contribution is 2.25. The molecular weight excluding hydrogens is 296 g/mol. The van der Waals surface area contributed by atoms with Crippen molar-refractivity contribution in [1.82, 2.24) is 15.3 Å². The van der Waals surface area contributed by atoms with E-state index in [9.17, 15) is 0 Å². The lowest BCUT2D eigenvalue weighted by Crippen LogP contribution is -2.43. The largest absolute Gasteiger partial charge is 0.361 e. The Balaban J connectivity index is 1.61. The summed E-state index contributed by atoms with van der Waals surface area (Å²) in [4.78, 5) is 12.1. The van der Waals surface area contributed by atoms with Crippen LogP contribution in [0.25, 0.3) is 0 Å². The number of aryl methyl sites for hydroxylation is 2. The number of aromatic nitrogens is 2. The van der Waals surface area contributed by atoms with Gasteiger partial charge in [-0.2, -0.15) is 5.10 Å². The molecule has 1 aliphatic heterocycles. The molecule has 1 aliphatic rings. The molecule has 116 valence electrons. The Morgan fingerprint density at radius 1 is 1.23 bits per heavy atom. The first-order valence-electron chi connectivity index (χ1n) is 7.37. The molecule has 6 nitrogen and oxygen atoms in total. The van der Waals surface area contributed by atoms with Crippen LogP contribution in [0.3, 0.4) is 0 Å². The average molecular weight is 316 g/mol. The molecule has 0 unspecified atom stereocenters. The van der Waals surface area contributed by atoms with Crippen molar-refractivity contribution in [3.8, 4) is 0 Å². The number of anilines is 2. The third-order valence-electron chi connectivity index (χ3n) is 3.38. The summed E-state index contributed by atoms with van der Waals surface area (Å²) in [5, 5.41) is 8.89. The Bertz CT molecular complexity index is 640. The Labute approximate surface area is 134 Å². The van der Waals surface area contributed by atoms with Crippen LogP contribution in [0.15, 0.2) is 23.3 Å². The van der Waals surface area contributed by atoms with Crippen molar-refractivity contribution in [3.05, 3.63) is 34.5 Å². The SMILES string of the molecule is Cc1cc(C)nc(N/N=C\c2ccc(N3CCNCC3)s2)n1. The summed E-state index contributed by atoms with van der Waals surface area (Å²) in [5.74, 6) is 0.535. The molecule has 0 radical (unpaired) electrons. The molecule has 1 saturated heterocycles. The molecule has 0 spiro atoms. The van der Waals surface area contributed by atoms with E-state index in [0.29, 0.717) is 5.95 Å². The van der Waals surface area contributed by atoms with Crippen LogP contribution in [-0.4, -0.2) is 42.4 Å². The molecule has 1 fully saturated rings. The van der Waals surface area contributed by atoms with Crippen molar-refractivity contribution in [1.29, 1.82) is 0 Å². The Kier molecular flexibility index (Phi) is 4.65. The van der Waals surface area contributed by atoms with Crippen LogP contribution in [0.1, 0.15) is 16.3 Å². The van der Waals surface area contributed by atoms with Gasteiger partial charge in [0.25, 0.3) is 0 Å². The van der Waals surface area contributed by atoms with Crippen LogP contribution in [0, 0.1) is 13.8 Å². The molecule has 2 aromatic rings. The lowest BCUT2D eigenvalue weighted by molar-refractivity contribution is 0.592. The molecule has 2 N–H and O–H groups in total. The molecule has 0 aromatic carbocycles. The second-order valence-corrected chi connectivity index (χ2v) is 6.35. The molecular formula is C15H20N6S. The highest BCUT2D eigenvalue weighted by molar-refractivity contribution is 7.17. The summed E-state index contributed by atoms with van der Waals surface area (Å²) in [6.45, 7) is 8.11. The van der Waals surface area contributed by atoms with Crippen molar-refractivity contribution in [2.75, 3.05) is 36.5 Å². The molecule has 0 amide bonds. The van der Waals surface area contributed by atoms with Gasteiger partial charge in [-0.25, -0.2) is 15.4 Å². The zero-order valence-electron chi connectivity index (χ0n) is 12.8. The number of hydrogen-bond acceptors (Lipinski definition) is 7. The number of thiophene rings is 1. The Morgan fingerprint density at radius 2 is 1.95 bits per heavy atom. The number of hydrazone groups is 1. The van der Waals surface area contributed by atoms with Crippen molar-refractivity contribution in [2.45, 2.75) is 13.8 Å². The monoisotopic (exact) mass is 316 g/mol. The third kappa shape index (κ3) is 3.80. The van der Waals surface area contributed by atoms with Gasteiger partial charge in [-0.15, -0.1) is 11.3 Å². The van der Waals surface area contributed by atoms with Crippen LogP contribution in [0.2, 0.25) is 0 Å². The maximum Gasteiger partial charge on any atom is 0.243 e. The topological polar surface area (TPSA) is 65.4 Å². The van der Waals surface area contributed by atoms with E-state index in [1.165, 1.54) is 5.00 Å². The molecule has 0 aliphatic carbocycles. The highest BCUT2D eigenvalue weighted by atomic mass is 32.1. The normalized spacial score (nSPS) is 15.5. The quantitative estimate of drug-likeness (QED) is 0.667. The molecule has 0 saturated carbocycles. The number of rotatable bonds is 4. The summed E-state index contributed by atoms with van der Waals surface area (Å²) in [6.07, 6.45) is 1.82. The Morgan fingerprint density at radius 3 is 2.68 bits per heavy atom. The smallest absolute Gasteiger partial charge is 0.243 e. The van der Waals surface area contributed by atoms with Crippen molar-refractivity contribution in [3.63, 3.8) is 0 Å². The predicted molar refractivity (Wildman–Crippen MR) is 92.1 cm³/mol. The number of nitrogens with zero attached hydrogens (tertiary/aromatic N) is 4. The molecule has 7 heteroatoms. The van der Waals surface area contributed by atoms with Gasteiger partial charge in [0.1, 0.15) is 0 Å². The fraction of sp³-hybridized carbons (Fsp3) is 0.400. The van der Waals surface area contributed by atoms with Crippen LogP contribution >= 0.6 is 11.3 Å². The molecule has 0 bridgehead atoms. The maximum absolute atomic E-state index is 4.30. The van der Waals surface area contributed by atoms with E-state index in [4.69, 9.17) is 0 Å². The minimum Gasteiger partial charge on any atom is -0.361 e. The number of nitrogens with one attached hydrogen (secondary N) is 2. The highest BCUT2D eigenvalue weighted by Gasteiger charge is 2.11. The summed E-state index contributed by atoms with van der Waals surface area (Å²) in [5.41, 5.74) is 4.76. The van der Waals surface area contributed by atoms with Crippen LogP contribution in [0.4, 0.5) is 10.9 Å². The predicted octanol–water partition coefficient (Wildman–Crippen LogP) is 2.01. The van der Waals surface area contributed by atoms with E-state index in [0.717, 1.165) is 42.4 Å². The van der Waals surface area contributed by atoms with Crippen molar-refractivity contribution < 1.29 is 0 Å². The van der Waals surface area contributed by atoms with Gasteiger partial charge < -0.3 is 10.2 Å². The summed E-state index contributed by atoms with van der Waals surface area (Å²) >= 11 is 1.75. The first-order chi connectivity index (χ1) is 10.7. The van der Waals surface area contributed by atoms with Gasteiger partial charge in [-0.05, 0) is 32.0 Å². The zero-order chi connectivity index (χ0) is 15.4. The first kappa shape index (κ1) is 14.9. The zero-order valence-corrected chi connectivity index (χ0v) is 13.7. The maximum atomic E-state index is 4.30. The molecule has 3 rings (SSSR count). The second-order valence-electron chi connectivity index (χ2n) is 5.26. The van der Waals surface area contributed by atoms with Crippen molar-refractivity contribution >= 4 is 28.5 Å². The Hall–Kier alpha value is -1.99. The average Bonchev–Trinajstić information content (AvgIpc) is 2.96. The van der Waals surface area contributed by atoms with E-state index >= 15 is 0 Å². The summed E-state index contributed by atoms with van der Waals surface area (Å²) in [7, 11) is 0. The fourth-order valence-corrected chi connectivity index (χ4v) is 3.33. The fourth-order valence-electron chi connectivity index (χ4n) is 2.40. The van der Waals surface area contributed by atoms with Crippen LogP contribution in [-0.2, 0) is 0 Å². The van der Waals surface area contributed by atoms with Gasteiger partial charge in [-0.3, -0.25) is 0 Å². The van der Waals surface area contributed by atoms with Gasteiger partial charge in [0.2, 0.25) is 5.95 Å². The lowest BCUT2D eigenvalue weighted by Gasteiger charge is -2.27. The van der Waals surface area contributed by atoms with Crippen LogP contribution < -0.4 is 15.6 Å². The second kappa shape index (κ2) is 6.85. The third-order valence-corrected chi connectivity index (χ3v) is 4.46. The minimum absolute atomic E-state index is 0.535. The van der Waals surface area contributed by atoms with E-state index in [-0.39, 0.29) is 0 Å². The van der Waals surface area contributed by atoms with E-state index in [2.05, 4.69) is 42.8 Å². The van der Waals surface area contributed by atoms with E-state index in [1.807, 2.05) is 26.1 Å². The summed E-state index contributed by atoms with van der Waals surface area (Å²) in [6, 6.07) is 6.19. The van der Waals surface area contributed by atoms with Gasteiger partial charge >= 0.3 is 0 Å². The molecule has 0 atom stereocenters. The van der Waals surface area contributed by atoms with Gasteiger partial charge in [0, 0.05) is 42.4 Å². The minimum atomic E-state index is 0.535. The molecule has 2 aromatic heterocycles. The van der Waals surface area contributed by atoms with Gasteiger partial charge in [-0.1, -0.05) is 0 Å². The number of hydrogen-bond donors (Lipinski definition) is 2. The molecule has 3 heterocycles. The number of piperazine rings is 1. The summed E-state index contributed by atoms with van der Waals surface area (Å²) < 4.78 is 0. The first-order valence-corrected chi connectivity index (χ1v) is 8.19. The van der Waals surface area contributed by atoms with Crippen molar-refractivity contribution in [2.24, 2.45) is 5.10 Å².